The maximum absolute atomic E-state index is 11.0. The van der Waals surface area contributed by atoms with E-state index in [1.165, 1.54) is 103 Å². The van der Waals surface area contributed by atoms with Crippen molar-refractivity contribution >= 4 is 45.0 Å². The molecule has 0 aliphatic rings. The van der Waals surface area contributed by atoms with Gasteiger partial charge in [0, 0.05) is 24.3 Å². The Balaban J connectivity index is -0.000000622. The molecule has 0 aliphatic heterocycles. The Hall–Kier alpha value is -1.84. The fourth-order valence-electron chi connectivity index (χ4n) is 3.92. The molecule has 0 unspecified atom stereocenters. The molecule has 0 aromatic carbocycles. The second-order valence-corrected chi connectivity index (χ2v) is 15.4. The predicted molar refractivity (Wildman–Crippen MR) is 186 cm³/mol. The van der Waals surface area contributed by atoms with Crippen LogP contribution in [0.15, 0.2) is 24.3 Å². The summed E-state index contributed by atoms with van der Waals surface area (Å²) in [5.41, 5.74) is 0. The molecule has 0 spiro atoms. The normalized spacial score (nSPS) is 10.6. The van der Waals surface area contributed by atoms with Crippen LogP contribution in [0.3, 0.4) is 0 Å². The molecule has 0 amide bonds. The van der Waals surface area contributed by atoms with Crippen LogP contribution in [-0.2, 0) is 28.7 Å². The van der Waals surface area contributed by atoms with Gasteiger partial charge in [0.05, 0.1) is 13.2 Å². The van der Waals surface area contributed by atoms with Gasteiger partial charge in [-0.3, -0.25) is 0 Å². The van der Waals surface area contributed by atoms with E-state index in [4.69, 9.17) is 19.7 Å². The third kappa shape index (κ3) is 52.0. The van der Waals surface area contributed by atoms with Gasteiger partial charge in [-0.1, -0.05) is 104 Å². The Morgan fingerprint density at radius 3 is 1.02 bits per heavy atom. The molecule has 0 aliphatic carbocycles. The van der Waals surface area contributed by atoms with Gasteiger partial charge in [-0.15, -0.1) is 0 Å². The number of hydrogen-bond acceptors (Lipinski definition) is 6. The van der Waals surface area contributed by atoms with Crippen LogP contribution in [-0.4, -0.2) is 68.4 Å². The van der Waals surface area contributed by atoms with Crippen molar-refractivity contribution in [3.63, 3.8) is 0 Å². The second-order valence-electron chi connectivity index (χ2n) is 11.1. The van der Waals surface area contributed by atoms with Crippen molar-refractivity contribution in [3.05, 3.63) is 24.3 Å². The summed E-state index contributed by atoms with van der Waals surface area (Å²) < 4.78 is 12.9. The molecule has 9 heteroatoms. The first-order valence-corrected chi connectivity index (χ1v) is 21.6. The van der Waals surface area contributed by atoms with Crippen molar-refractivity contribution in [2.45, 2.75) is 165 Å². The van der Waals surface area contributed by atoms with Crippen molar-refractivity contribution in [2.24, 2.45) is 0 Å². The molecule has 8 nitrogen and oxygen atoms in total. The first-order chi connectivity index (χ1) is 21.7. The van der Waals surface area contributed by atoms with Crippen molar-refractivity contribution in [3.8, 4) is 0 Å². The summed E-state index contributed by atoms with van der Waals surface area (Å²) in [7, 11) is 0. The molecule has 0 aromatic rings. The van der Waals surface area contributed by atoms with E-state index in [-0.39, 0.29) is 21.1 Å². The molecular formula is C36H66O8Sn. The van der Waals surface area contributed by atoms with Gasteiger partial charge in [-0.05, 0) is 12.8 Å². The van der Waals surface area contributed by atoms with Crippen LogP contribution in [0.4, 0.5) is 0 Å². The van der Waals surface area contributed by atoms with Crippen molar-refractivity contribution in [1.82, 2.24) is 0 Å². The van der Waals surface area contributed by atoms with Crippen molar-refractivity contribution in [2.75, 3.05) is 13.2 Å². The number of carboxylic acids is 2. The predicted octanol–water partition coefficient (Wildman–Crippen LogP) is 9.75. The van der Waals surface area contributed by atoms with Gasteiger partial charge in [0.2, 0.25) is 0 Å². The second kappa shape index (κ2) is 42.2. The van der Waals surface area contributed by atoms with Gasteiger partial charge in [-0.25, -0.2) is 19.2 Å². The fourth-order valence-corrected chi connectivity index (χ4v) is 8.08. The first kappa shape index (κ1) is 47.6. The SMILES string of the molecule is CCCCCCCCCCOC(=O)/C=C\C(=O)O.CCCCCCCCCCOC(=O)/C=C\C(=O)O.CCC[CH2][Sn][CH2]CCC. The third-order valence-electron chi connectivity index (χ3n) is 6.62. The van der Waals surface area contributed by atoms with E-state index < -0.39 is 23.9 Å². The van der Waals surface area contributed by atoms with Crippen molar-refractivity contribution in [1.29, 1.82) is 0 Å². The molecule has 0 saturated heterocycles. The number of carbonyl (C=O) groups is 4. The number of carbonyl (C=O) groups excluding carboxylic acids is 2. The van der Waals surface area contributed by atoms with Gasteiger partial charge >= 0.3 is 93.4 Å². The summed E-state index contributed by atoms with van der Waals surface area (Å²) >= 11 is 0.149. The molecule has 0 bridgehead atoms. The number of carboxylic acid groups (broad SMARTS) is 2. The zero-order valence-corrected chi connectivity index (χ0v) is 32.0. The minimum atomic E-state index is -1.14. The van der Waals surface area contributed by atoms with E-state index in [1.807, 2.05) is 0 Å². The number of hydrogen-bond donors (Lipinski definition) is 2. The molecule has 0 aromatic heterocycles. The number of unbranched alkanes of at least 4 members (excludes halogenated alkanes) is 16. The van der Waals surface area contributed by atoms with E-state index in [0.29, 0.717) is 13.2 Å². The van der Waals surface area contributed by atoms with Gasteiger partial charge in [-0.2, -0.15) is 0 Å². The van der Waals surface area contributed by atoms with E-state index in [9.17, 15) is 19.2 Å². The van der Waals surface area contributed by atoms with Crippen LogP contribution in [0.5, 0.6) is 0 Å². The average Bonchev–Trinajstić information content (AvgIpc) is 3.02. The summed E-state index contributed by atoms with van der Waals surface area (Å²) in [6, 6.07) is 0. The Labute approximate surface area is 285 Å². The monoisotopic (exact) mass is 746 g/mol. The van der Waals surface area contributed by atoms with E-state index >= 15 is 0 Å². The Kier molecular flexibility index (Phi) is 44.6. The van der Waals surface area contributed by atoms with E-state index in [0.717, 1.165) is 50.0 Å². The molecule has 0 fully saturated rings. The molecule has 2 radical (unpaired) electrons. The topological polar surface area (TPSA) is 127 Å². The molecule has 2 N–H and O–H groups in total. The minimum absolute atomic E-state index is 0.149. The quantitative estimate of drug-likeness (QED) is 0.0351. The fraction of sp³-hybridized carbons (Fsp3) is 0.778. The first-order valence-electron chi connectivity index (χ1n) is 17.6. The maximum atomic E-state index is 11.0. The summed E-state index contributed by atoms with van der Waals surface area (Å²) in [4.78, 5) is 42.2. The van der Waals surface area contributed by atoms with Crippen LogP contribution in [0.2, 0.25) is 8.87 Å². The zero-order valence-electron chi connectivity index (χ0n) is 29.1. The summed E-state index contributed by atoms with van der Waals surface area (Å²) in [5, 5.41) is 16.6. The molecular weight excluding hydrogens is 679 g/mol. The Bertz CT molecular complexity index is 677. The van der Waals surface area contributed by atoms with Gasteiger partial charge in [0.25, 0.3) is 0 Å². The van der Waals surface area contributed by atoms with E-state index in [1.54, 1.807) is 8.87 Å². The van der Waals surface area contributed by atoms with Crippen LogP contribution < -0.4 is 0 Å². The number of esters is 2. The molecule has 0 heterocycles. The third-order valence-corrected chi connectivity index (χ3v) is 10.7. The number of ether oxygens (including phenoxy) is 2. The van der Waals surface area contributed by atoms with Crippen LogP contribution >= 0.6 is 0 Å². The van der Waals surface area contributed by atoms with Gasteiger partial charge in [0.1, 0.15) is 0 Å². The van der Waals surface area contributed by atoms with E-state index in [2.05, 4.69) is 27.7 Å². The summed E-state index contributed by atoms with van der Waals surface area (Å²) in [6.07, 6.45) is 28.3. The zero-order chi connectivity index (χ0) is 34.2. The average molecular weight is 746 g/mol. The standard InChI is InChI=1S/2C14H24O4.2C4H9.Sn/c2*1-2-3-4-5-6-7-8-9-12-18-14(17)11-10-13(15)16;2*1-3-4-2;/h2*10-11H,2-9,12H2,1H3,(H,15,16);2*1,3-4H2,2H3;/b2*11-10-;;;. The number of rotatable bonds is 28. The molecule has 0 rings (SSSR count). The van der Waals surface area contributed by atoms with Crippen LogP contribution in [0, 0.1) is 0 Å². The molecule has 262 valence electrons. The van der Waals surface area contributed by atoms with Gasteiger partial charge < -0.3 is 19.7 Å². The number of aliphatic carboxylic acids is 2. The van der Waals surface area contributed by atoms with Crippen LogP contribution in [0.1, 0.15) is 156 Å². The van der Waals surface area contributed by atoms with Crippen LogP contribution in [0.25, 0.3) is 0 Å². The van der Waals surface area contributed by atoms with Gasteiger partial charge in [0.15, 0.2) is 0 Å². The van der Waals surface area contributed by atoms with Crippen molar-refractivity contribution < 1.29 is 38.9 Å². The molecule has 45 heavy (non-hydrogen) atoms. The Morgan fingerprint density at radius 1 is 0.444 bits per heavy atom. The Morgan fingerprint density at radius 2 is 0.733 bits per heavy atom. The summed E-state index contributed by atoms with van der Waals surface area (Å²) in [6.45, 7) is 9.73. The molecule has 0 atom stereocenters. The summed E-state index contributed by atoms with van der Waals surface area (Å²) in [5.74, 6) is -3.45. The molecule has 0 saturated carbocycles.